The number of aliphatic carboxylic acids is 2. The maximum absolute atomic E-state index is 15.0. The Labute approximate surface area is 276 Å². The fraction of sp³-hybridized carbons (Fsp3) is 0.312. The first-order valence-electron chi connectivity index (χ1n) is 14.5. The highest BCUT2D eigenvalue weighted by molar-refractivity contribution is 7.93. The summed E-state index contributed by atoms with van der Waals surface area (Å²) < 4.78 is 34.6. The number of benzene rings is 1. The lowest BCUT2D eigenvalue weighted by Gasteiger charge is -2.41. The number of ether oxygens (including phenoxy) is 1. The van der Waals surface area contributed by atoms with Crippen LogP contribution >= 0.6 is 0 Å². The van der Waals surface area contributed by atoms with Crippen molar-refractivity contribution in [3.63, 3.8) is 0 Å². The van der Waals surface area contributed by atoms with Crippen LogP contribution in [-0.4, -0.2) is 107 Å². The number of amides is 2. The van der Waals surface area contributed by atoms with Gasteiger partial charge in [0.25, 0.3) is 15.9 Å². The second kappa shape index (κ2) is 13.9. The summed E-state index contributed by atoms with van der Waals surface area (Å²) in [5, 5.41) is 26.2. The topological polar surface area (TPSA) is 208 Å². The molecule has 48 heavy (non-hydrogen) atoms. The second-order valence-corrected chi connectivity index (χ2v) is 13.1. The Balaban J connectivity index is 0.000000579. The van der Waals surface area contributed by atoms with Crippen LogP contribution < -0.4 is 9.04 Å². The standard InChI is InChI=1S/C28H31N5O6S.C4H4O4/c1-17-8-10-22-21(13-17)28(20-7-6-12-29-25(20)39-5,32-16-19(34)14-23(32)26(35)31(3)4)27(36)33(22)40(37,38)24-11-9-18(2)15-30-24;5-3(6)1-2-4(7)8/h6-13,15,19,23,34H,14,16H2,1-5H3;1-2H,(H,5,6)(H,7,8)/b;2-1+/t19-,23+,28?;/m1./s1. The number of fused-ring (bicyclic) bond motifs is 1. The number of hydrogen-bond acceptors (Lipinski definition) is 11. The molecule has 3 aromatic rings. The number of pyridine rings is 2. The molecule has 16 heteroatoms. The van der Waals surface area contributed by atoms with Gasteiger partial charge in [0.15, 0.2) is 10.6 Å². The minimum atomic E-state index is -4.50. The summed E-state index contributed by atoms with van der Waals surface area (Å²) in [4.78, 5) is 59.0. The van der Waals surface area contributed by atoms with E-state index in [1.807, 2.05) is 6.92 Å². The van der Waals surface area contributed by atoms with Crippen LogP contribution in [0, 0.1) is 13.8 Å². The molecule has 0 saturated carbocycles. The van der Waals surface area contributed by atoms with Crippen LogP contribution in [0.25, 0.3) is 0 Å². The summed E-state index contributed by atoms with van der Waals surface area (Å²) in [5.74, 6) is -3.59. The number of carbonyl (C=O) groups is 4. The van der Waals surface area contributed by atoms with E-state index in [9.17, 15) is 32.7 Å². The van der Waals surface area contributed by atoms with Crippen LogP contribution in [0.15, 0.2) is 72.0 Å². The van der Waals surface area contributed by atoms with E-state index in [2.05, 4.69) is 9.97 Å². The Hall–Kier alpha value is -5.19. The number of aryl methyl sites for hydroxylation is 2. The van der Waals surface area contributed by atoms with Crippen molar-refractivity contribution in [1.29, 1.82) is 0 Å². The largest absolute Gasteiger partial charge is 0.481 e. The summed E-state index contributed by atoms with van der Waals surface area (Å²) in [7, 11) is 0.0935. The van der Waals surface area contributed by atoms with E-state index >= 15 is 0 Å². The lowest BCUT2D eigenvalue weighted by molar-refractivity contribution is -0.138. The molecule has 3 atom stereocenters. The number of likely N-dealkylation sites (N-methyl/N-ethyl adjacent to an activating group) is 1. The lowest BCUT2D eigenvalue weighted by Crippen LogP contribution is -2.59. The van der Waals surface area contributed by atoms with Gasteiger partial charge in [0.2, 0.25) is 11.8 Å². The molecule has 3 N–H and O–H groups in total. The molecule has 1 saturated heterocycles. The molecular formula is C32H35N5O10S. The van der Waals surface area contributed by atoms with Crippen molar-refractivity contribution in [3.8, 4) is 5.88 Å². The average molecular weight is 682 g/mol. The quantitative estimate of drug-likeness (QED) is 0.287. The highest BCUT2D eigenvalue weighted by atomic mass is 32.2. The van der Waals surface area contributed by atoms with E-state index in [4.69, 9.17) is 14.9 Å². The predicted octanol–water partition coefficient (Wildman–Crippen LogP) is 1.32. The molecule has 2 amide bonds. The third kappa shape index (κ3) is 6.49. The number of rotatable bonds is 8. The molecule has 1 aromatic carbocycles. The van der Waals surface area contributed by atoms with E-state index in [0.717, 1.165) is 15.4 Å². The molecular weight excluding hydrogens is 646 g/mol. The normalized spacial score (nSPS) is 20.6. The van der Waals surface area contributed by atoms with Gasteiger partial charge in [-0.15, -0.1) is 0 Å². The third-order valence-electron chi connectivity index (χ3n) is 7.80. The van der Waals surface area contributed by atoms with Gasteiger partial charge in [0.1, 0.15) is 0 Å². The van der Waals surface area contributed by atoms with Gasteiger partial charge in [0.05, 0.1) is 24.9 Å². The molecule has 5 rings (SSSR count). The number of sulfonamides is 1. The van der Waals surface area contributed by atoms with Crippen LogP contribution in [0.3, 0.4) is 0 Å². The Morgan fingerprint density at radius 3 is 2.21 bits per heavy atom. The zero-order chi connectivity index (χ0) is 35.6. The number of anilines is 1. The van der Waals surface area contributed by atoms with Gasteiger partial charge < -0.3 is 25.0 Å². The summed E-state index contributed by atoms with van der Waals surface area (Å²) >= 11 is 0. The van der Waals surface area contributed by atoms with Crippen LogP contribution in [0.1, 0.15) is 28.7 Å². The number of carboxylic acids is 2. The number of likely N-dealkylation sites (tertiary alicyclic amines) is 1. The van der Waals surface area contributed by atoms with Gasteiger partial charge in [-0.3, -0.25) is 14.5 Å². The number of carbonyl (C=O) groups excluding carboxylic acids is 2. The highest BCUT2D eigenvalue weighted by Gasteiger charge is 2.64. The SMILES string of the molecule is COc1ncccc1C1(N2C[C@H](O)C[C@H]2C(=O)N(C)C)C(=O)N(S(=O)(=O)c2ccc(C)cn2)c2ccc(C)cc21.O=C(O)/C=C/C(=O)O. The molecule has 1 fully saturated rings. The molecule has 254 valence electrons. The zero-order valence-electron chi connectivity index (χ0n) is 26.8. The van der Waals surface area contributed by atoms with Crippen LogP contribution in [0.2, 0.25) is 0 Å². The molecule has 2 aliphatic rings. The third-order valence-corrected chi connectivity index (χ3v) is 9.42. The van der Waals surface area contributed by atoms with Crippen LogP contribution in [0.4, 0.5) is 5.69 Å². The van der Waals surface area contributed by atoms with E-state index < -0.39 is 45.6 Å². The minimum Gasteiger partial charge on any atom is -0.481 e. The van der Waals surface area contributed by atoms with Crippen molar-refractivity contribution in [2.75, 3.05) is 32.1 Å². The lowest BCUT2D eigenvalue weighted by atomic mass is 9.81. The molecule has 2 aromatic heterocycles. The Bertz CT molecular complexity index is 1860. The van der Waals surface area contributed by atoms with E-state index in [1.165, 1.54) is 30.5 Å². The van der Waals surface area contributed by atoms with Gasteiger partial charge in [0, 0.05) is 56.3 Å². The van der Waals surface area contributed by atoms with Crippen molar-refractivity contribution in [1.82, 2.24) is 19.8 Å². The number of carboxylic acid groups (broad SMARTS) is 2. The molecule has 0 radical (unpaired) electrons. The van der Waals surface area contributed by atoms with Gasteiger partial charge >= 0.3 is 11.9 Å². The predicted molar refractivity (Wildman–Crippen MR) is 171 cm³/mol. The smallest absolute Gasteiger partial charge is 0.328 e. The van der Waals surface area contributed by atoms with Gasteiger partial charge in [-0.1, -0.05) is 23.8 Å². The number of aliphatic hydroxyl groups is 1. The Kier molecular flexibility index (Phi) is 10.3. The summed E-state index contributed by atoms with van der Waals surface area (Å²) in [6.45, 7) is 3.54. The van der Waals surface area contributed by atoms with Gasteiger partial charge in [-0.25, -0.2) is 19.6 Å². The van der Waals surface area contributed by atoms with Gasteiger partial charge in [-0.05, 0) is 50.1 Å². The first-order valence-corrected chi connectivity index (χ1v) is 15.9. The number of aromatic nitrogens is 2. The summed E-state index contributed by atoms with van der Waals surface area (Å²) in [5.41, 5.74) is 0.378. The van der Waals surface area contributed by atoms with E-state index in [1.54, 1.807) is 62.3 Å². The van der Waals surface area contributed by atoms with Crippen molar-refractivity contribution in [2.24, 2.45) is 0 Å². The number of methoxy groups -OCH3 is 1. The number of β-amino-alcohol motifs (C(OH)–C–C–N with tert-alkyl or cyclic N) is 1. The van der Waals surface area contributed by atoms with Crippen molar-refractivity contribution in [3.05, 3.63) is 89.3 Å². The van der Waals surface area contributed by atoms with E-state index in [-0.39, 0.29) is 41.0 Å². The number of hydrogen-bond donors (Lipinski definition) is 3. The fourth-order valence-corrected chi connectivity index (χ4v) is 7.19. The summed E-state index contributed by atoms with van der Waals surface area (Å²) in [6, 6.07) is 10.3. The number of nitrogens with zero attached hydrogens (tertiary/aromatic N) is 5. The second-order valence-electron chi connectivity index (χ2n) is 11.3. The minimum absolute atomic E-state index is 0.0576. The van der Waals surface area contributed by atoms with Crippen molar-refractivity contribution in [2.45, 2.75) is 43.0 Å². The van der Waals surface area contributed by atoms with Crippen LogP contribution in [0.5, 0.6) is 5.88 Å². The highest BCUT2D eigenvalue weighted by Crippen LogP contribution is 2.54. The Morgan fingerprint density at radius 1 is 1.00 bits per heavy atom. The van der Waals surface area contributed by atoms with E-state index in [0.29, 0.717) is 17.7 Å². The molecule has 4 heterocycles. The zero-order valence-corrected chi connectivity index (χ0v) is 27.6. The van der Waals surface area contributed by atoms with Crippen molar-refractivity contribution >= 4 is 39.5 Å². The van der Waals surface area contributed by atoms with Crippen molar-refractivity contribution < 1.29 is 47.7 Å². The molecule has 0 aliphatic carbocycles. The molecule has 0 bridgehead atoms. The molecule has 15 nitrogen and oxygen atoms in total. The fourth-order valence-electron chi connectivity index (χ4n) is 5.81. The first-order chi connectivity index (χ1) is 22.6. The maximum atomic E-state index is 15.0. The maximum Gasteiger partial charge on any atom is 0.328 e. The average Bonchev–Trinajstić information content (AvgIpc) is 3.54. The molecule has 2 aliphatic heterocycles. The molecule has 0 spiro atoms. The Morgan fingerprint density at radius 2 is 1.65 bits per heavy atom. The van der Waals surface area contributed by atoms with Crippen LogP contribution in [-0.2, 0) is 34.7 Å². The first kappa shape index (κ1) is 35.7. The molecule has 1 unspecified atom stereocenters. The monoisotopic (exact) mass is 681 g/mol. The van der Waals surface area contributed by atoms with Gasteiger partial charge in [-0.2, -0.15) is 12.7 Å². The summed E-state index contributed by atoms with van der Waals surface area (Å²) in [6.07, 6.45) is 3.15. The number of aliphatic hydroxyl groups excluding tert-OH is 1.